The number of aryl methyl sites for hydroxylation is 2. The fraction of sp³-hybridized carbons (Fsp3) is 0.588. The standard InChI is InChI=1S/C17H28N2O2/c1-6-15(4)18-12-17(20)19(5)7-8-21-16-10-13(2)9-14(3)11-16/h9-11,15,18H,6-8,12H2,1-5H3. The average Bonchev–Trinajstić information content (AvgIpc) is 2.43. The first-order valence-corrected chi connectivity index (χ1v) is 7.60. The smallest absolute Gasteiger partial charge is 0.236 e. The van der Waals surface area contributed by atoms with Crippen LogP contribution in [0.2, 0.25) is 0 Å². The molecule has 1 aromatic rings. The summed E-state index contributed by atoms with van der Waals surface area (Å²) in [6.07, 6.45) is 1.02. The molecule has 1 aromatic carbocycles. The van der Waals surface area contributed by atoms with Gasteiger partial charge in [0.15, 0.2) is 0 Å². The molecule has 1 unspecified atom stereocenters. The lowest BCUT2D eigenvalue weighted by atomic mass is 10.1. The van der Waals surface area contributed by atoms with E-state index in [2.05, 4.69) is 39.1 Å². The number of carbonyl (C=O) groups excluding carboxylic acids is 1. The third kappa shape index (κ3) is 6.63. The summed E-state index contributed by atoms with van der Waals surface area (Å²) in [6, 6.07) is 6.51. The highest BCUT2D eigenvalue weighted by Gasteiger charge is 2.09. The second-order valence-electron chi connectivity index (χ2n) is 5.68. The summed E-state index contributed by atoms with van der Waals surface area (Å²) in [5.74, 6) is 0.963. The third-order valence-electron chi connectivity index (χ3n) is 3.53. The van der Waals surface area contributed by atoms with E-state index < -0.39 is 0 Å². The number of nitrogens with zero attached hydrogens (tertiary/aromatic N) is 1. The van der Waals surface area contributed by atoms with Gasteiger partial charge in [-0.25, -0.2) is 0 Å². The molecule has 0 radical (unpaired) electrons. The van der Waals surface area contributed by atoms with Gasteiger partial charge in [0, 0.05) is 13.1 Å². The summed E-state index contributed by atoms with van der Waals surface area (Å²) >= 11 is 0. The van der Waals surface area contributed by atoms with Gasteiger partial charge >= 0.3 is 0 Å². The van der Waals surface area contributed by atoms with Crippen molar-refractivity contribution >= 4 is 5.91 Å². The van der Waals surface area contributed by atoms with Crippen molar-refractivity contribution in [1.82, 2.24) is 10.2 Å². The maximum atomic E-state index is 11.9. The highest BCUT2D eigenvalue weighted by atomic mass is 16.5. The Balaban J connectivity index is 2.32. The van der Waals surface area contributed by atoms with E-state index in [4.69, 9.17) is 4.74 Å². The number of likely N-dealkylation sites (N-methyl/N-ethyl adjacent to an activating group) is 1. The molecule has 0 aromatic heterocycles. The van der Waals surface area contributed by atoms with E-state index in [0.717, 1.165) is 12.2 Å². The van der Waals surface area contributed by atoms with Crippen molar-refractivity contribution in [3.63, 3.8) is 0 Å². The van der Waals surface area contributed by atoms with Gasteiger partial charge in [-0.2, -0.15) is 0 Å². The van der Waals surface area contributed by atoms with Crippen molar-refractivity contribution in [3.8, 4) is 5.75 Å². The van der Waals surface area contributed by atoms with Gasteiger partial charge < -0.3 is 15.0 Å². The number of benzene rings is 1. The van der Waals surface area contributed by atoms with E-state index in [1.807, 2.05) is 19.2 Å². The van der Waals surface area contributed by atoms with Gasteiger partial charge in [-0.05, 0) is 50.5 Å². The number of hydrogen-bond donors (Lipinski definition) is 1. The van der Waals surface area contributed by atoms with Gasteiger partial charge in [-0.1, -0.05) is 13.0 Å². The van der Waals surface area contributed by atoms with Crippen LogP contribution < -0.4 is 10.1 Å². The van der Waals surface area contributed by atoms with Gasteiger partial charge in [0.1, 0.15) is 12.4 Å². The minimum atomic E-state index is 0.0966. The predicted molar refractivity (Wildman–Crippen MR) is 86.8 cm³/mol. The molecule has 0 saturated heterocycles. The zero-order chi connectivity index (χ0) is 15.8. The van der Waals surface area contributed by atoms with Gasteiger partial charge in [-0.15, -0.1) is 0 Å². The Morgan fingerprint density at radius 1 is 1.29 bits per heavy atom. The highest BCUT2D eigenvalue weighted by Crippen LogP contribution is 2.15. The van der Waals surface area contributed by atoms with Crippen LogP contribution in [0.4, 0.5) is 0 Å². The van der Waals surface area contributed by atoms with Crippen LogP contribution in [0.3, 0.4) is 0 Å². The Morgan fingerprint density at radius 2 is 1.90 bits per heavy atom. The van der Waals surface area contributed by atoms with Crippen LogP contribution in [0.1, 0.15) is 31.4 Å². The summed E-state index contributed by atoms with van der Waals surface area (Å²) in [4.78, 5) is 13.6. The van der Waals surface area contributed by atoms with Crippen LogP contribution in [-0.2, 0) is 4.79 Å². The predicted octanol–water partition coefficient (Wildman–Crippen LogP) is 2.53. The fourth-order valence-corrected chi connectivity index (χ4v) is 1.98. The summed E-state index contributed by atoms with van der Waals surface area (Å²) in [6.45, 7) is 9.77. The lowest BCUT2D eigenvalue weighted by Gasteiger charge is -2.19. The molecule has 4 heteroatoms. The first-order valence-electron chi connectivity index (χ1n) is 7.60. The largest absolute Gasteiger partial charge is 0.492 e. The van der Waals surface area contributed by atoms with Crippen LogP contribution in [0.5, 0.6) is 5.75 Å². The van der Waals surface area contributed by atoms with Gasteiger partial charge in [0.2, 0.25) is 5.91 Å². The van der Waals surface area contributed by atoms with Gasteiger partial charge in [0.25, 0.3) is 0 Å². The maximum Gasteiger partial charge on any atom is 0.236 e. The summed E-state index contributed by atoms with van der Waals surface area (Å²) in [5, 5.41) is 3.20. The first-order chi connectivity index (χ1) is 9.92. The maximum absolute atomic E-state index is 11.9. The van der Waals surface area contributed by atoms with E-state index in [-0.39, 0.29) is 5.91 Å². The lowest BCUT2D eigenvalue weighted by molar-refractivity contribution is -0.129. The van der Waals surface area contributed by atoms with Crippen molar-refractivity contribution in [3.05, 3.63) is 29.3 Å². The van der Waals surface area contributed by atoms with Crippen molar-refractivity contribution in [1.29, 1.82) is 0 Å². The molecule has 1 N–H and O–H groups in total. The number of carbonyl (C=O) groups is 1. The number of ether oxygens (including phenoxy) is 1. The molecule has 0 aliphatic heterocycles. The third-order valence-corrected chi connectivity index (χ3v) is 3.53. The second-order valence-corrected chi connectivity index (χ2v) is 5.68. The molecule has 0 saturated carbocycles. The molecule has 0 aliphatic carbocycles. The Hall–Kier alpha value is -1.55. The van der Waals surface area contributed by atoms with Crippen LogP contribution in [0, 0.1) is 13.8 Å². The fourth-order valence-electron chi connectivity index (χ4n) is 1.98. The number of amides is 1. The molecule has 1 rings (SSSR count). The highest BCUT2D eigenvalue weighted by molar-refractivity contribution is 5.77. The monoisotopic (exact) mass is 292 g/mol. The van der Waals surface area contributed by atoms with E-state index in [1.54, 1.807) is 4.90 Å². The Kier molecular flexibility index (Phi) is 7.23. The molecule has 0 heterocycles. The molecule has 0 fully saturated rings. The number of hydrogen-bond acceptors (Lipinski definition) is 3. The lowest BCUT2D eigenvalue weighted by Crippen LogP contribution is -2.40. The van der Waals surface area contributed by atoms with E-state index in [9.17, 15) is 4.79 Å². The molecule has 0 aliphatic rings. The molecule has 118 valence electrons. The van der Waals surface area contributed by atoms with E-state index in [0.29, 0.717) is 25.7 Å². The number of nitrogens with one attached hydrogen (secondary N) is 1. The molecule has 1 amide bonds. The SMILES string of the molecule is CCC(C)NCC(=O)N(C)CCOc1cc(C)cc(C)c1. The summed E-state index contributed by atoms with van der Waals surface area (Å²) < 4.78 is 5.72. The molecule has 21 heavy (non-hydrogen) atoms. The van der Waals surface area contributed by atoms with Crippen LogP contribution >= 0.6 is 0 Å². The first kappa shape index (κ1) is 17.5. The normalized spacial score (nSPS) is 12.0. The van der Waals surface area contributed by atoms with Crippen molar-refractivity contribution < 1.29 is 9.53 Å². The average molecular weight is 292 g/mol. The Morgan fingerprint density at radius 3 is 2.48 bits per heavy atom. The molecular formula is C17H28N2O2. The van der Waals surface area contributed by atoms with Crippen molar-refractivity contribution in [2.45, 2.75) is 40.2 Å². The second kappa shape index (κ2) is 8.67. The Bertz CT molecular complexity index is 440. The van der Waals surface area contributed by atoms with E-state index in [1.165, 1.54) is 11.1 Å². The van der Waals surface area contributed by atoms with Crippen LogP contribution in [-0.4, -0.2) is 43.6 Å². The van der Waals surface area contributed by atoms with Crippen LogP contribution in [0.25, 0.3) is 0 Å². The van der Waals surface area contributed by atoms with Gasteiger partial charge in [-0.3, -0.25) is 4.79 Å². The topological polar surface area (TPSA) is 41.6 Å². The summed E-state index contributed by atoms with van der Waals surface area (Å²) in [5.41, 5.74) is 2.37. The molecule has 0 spiro atoms. The van der Waals surface area contributed by atoms with Crippen LogP contribution in [0.15, 0.2) is 18.2 Å². The molecule has 0 bridgehead atoms. The molecule has 1 atom stereocenters. The quantitative estimate of drug-likeness (QED) is 0.800. The van der Waals surface area contributed by atoms with E-state index >= 15 is 0 Å². The van der Waals surface area contributed by atoms with Crippen molar-refractivity contribution in [2.75, 3.05) is 26.7 Å². The number of rotatable bonds is 8. The minimum absolute atomic E-state index is 0.0966. The summed E-state index contributed by atoms with van der Waals surface area (Å²) in [7, 11) is 1.81. The zero-order valence-electron chi connectivity index (χ0n) is 13.9. The Labute approximate surface area is 128 Å². The van der Waals surface area contributed by atoms with Gasteiger partial charge in [0.05, 0.1) is 13.1 Å². The zero-order valence-corrected chi connectivity index (χ0v) is 13.9. The minimum Gasteiger partial charge on any atom is -0.492 e. The molecular weight excluding hydrogens is 264 g/mol. The van der Waals surface area contributed by atoms with Crippen molar-refractivity contribution in [2.24, 2.45) is 0 Å². The molecule has 4 nitrogen and oxygen atoms in total.